The fourth-order valence-electron chi connectivity index (χ4n) is 1.33. The Balaban J connectivity index is 2.43. The molecule has 0 fully saturated rings. The third-order valence-electron chi connectivity index (χ3n) is 2.15. The second kappa shape index (κ2) is 4.49. The van der Waals surface area contributed by atoms with Crippen molar-refractivity contribution in [1.29, 1.82) is 0 Å². The summed E-state index contributed by atoms with van der Waals surface area (Å²) in [4.78, 5) is 10.6. The van der Waals surface area contributed by atoms with Crippen molar-refractivity contribution in [1.82, 2.24) is 9.78 Å². The highest BCUT2D eigenvalue weighted by Gasteiger charge is 2.05. The van der Waals surface area contributed by atoms with Crippen molar-refractivity contribution in [2.24, 2.45) is 0 Å². The highest BCUT2D eigenvalue weighted by Crippen LogP contribution is 2.23. The molecule has 0 N–H and O–H groups in total. The van der Waals surface area contributed by atoms with Gasteiger partial charge in [-0.15, -0.1) is 0 Å². The van der Waals surface area contributed by atoms with Gasteiger partial charge in [-0.1, -0.05) is 0 Å². The van der Waals surface area contributed by atoms with E-state index in [2.05, 4.69) is 21.0 Å². The Morgan fingerprint density at radius 3 is 2.88 bits per heavy atom. The van der Waals surface area contributed by atoms with E-state index in [1.165, 1.54) is 0 Å². The summed E-state index contributed by atoms with van der Waals surface area (Å²) >= 11 is 3.40. The largest absolute Gasteiger partial charge is 0.493 e. The van der Waals surface area contributed by atoms with Crippen molar-refractivity contribution < 1.29 is 9.53 Å². The molecule has 0 saturated heterocycles. The highest BCUT2D eigenvalue weighted by atomic mass is 79.9. The Kier molecular flexibility index (Phi) is 3.05. The number of hydrogen-bond acceptors (Lipinski definition) is 3. The number of ether oxygens (including phenoxy) is 1. The molecule has 1 aromatic carbocycles. The van der Waals surface area contributed by atoms with Crippen LogP contribution >= 0.6 is 15.9 Å². The molecule has 5 heteroatoms. The monoisotopic (exact) mass is 280 g/mol. The molecule has 16 heavy (non-hydrogen) atoms. The maximum atomic E-state index is 10.6. The lowest BCUT2D eigenvalue weighted by atomic mass is 10.2. The van der Waals surface area contributed by atoms with Crippen molar-refractivity contribution in [2.75, 3.05) is 7.11 Å². The maximum absolute atomic E-state index is 10.6. The first-order valence-corrected chi connectivity index (χ1v) is 5.37. The van der Waals surface area contributed by atoms with Crippen LogP contribution in [0.3, 0.4) is 0 Å². The summed E-state index contributed by atoms with van der Waals surface area (Å²) in [5, 5.41) is 4.15. The number of rotatable bonds is 3. The van der Waals surface area contributed by atoms with Crippen LogP contribution in [0.15, 0.2) is 35.1 Å². The van der Waals surface area contributed by atoms with Crippen LogP contribution in [0.4, 0.5) is 0 Å². The Hall–Kier alpha value is -1.62. The molecular weight excluding hydrogens is 272 g/mol. The van der Waals surface area contributed by atoms with Gasteiger partial charge in [-0.05, 0) is 34.1 Å². The highest BCUT2D eigenvalue weighted by molar-refractivity contribution is 9.10. The van der Waals surface area contributed by atoms with Gasteiger partial charge in [0.2, 0.25) is 0 Å². The van der Waals surface area contributed by atoms with Crippen LogP contribution in [0.1, 0.15) is 10.4 Å². The first kappa shape index (κ1) is 10.9. The first-order valence-electron chi connectivity index (χ1n) is 4.58. The second-order valence-electron chi connectivity index (χ2n) is 3.15. The van der Waals surface area contributed by atoms with Crippen LogP contribution in [-0.2, 0) is 0 Å². The number of hydrogen-bond donors (Lipinski definition) is 0. The van der Waals surface area contributed by atoms with Crippen LogP contribution in [0.5, 0.6) is 5.75 Å². The first-order chi connectivity index (χ1) is 7.74. The molecule has 0 saturated carbocycles. The second-order valence-corrected chi connectivity index (χ2v) is 4.01. The molecule has 2 aromatic rings. The van der Waals surface area contributed by atoms with E-state index >= 15 is 0 Å². The summed E-state index contributed by atoms with van der Waals surface area (Å²) in [6.45, 7) is 0. The Morgan fingerprint density at radius 1 is 1.50 bits per heavy atom. The lowest BCUT2D eigenvalue weighted by Gasteiger charge is -2.04. The van der Waals surface area contributed by atoms with Crippen LogP contribution in [0.25, 0.3) is 5.69 Å². The van der Waals surface area contributed by atoms with Gasteiger partial charge >= 0.3 is 0 Å². The number of benzene rings is 1. The zero-order valence-corrected chi connectivity index (χ0v) is 10.1. The molecule has 2 rings (SSSR count). The minimum absolute atomic E-state index is 0.620. The summed E-state index contributed by atoms with van der Waals surface area (Å²) < 4.78 is 7.53. The number of carbonyl (C=O) groups is 1. The summed E-state index contributed by atoms with van der Waals surface area (Å²) in [5.41, 5.74) is 1.48. The van der Waals surface area contributed by atoms with Crippen molar-refractivity contribution >= 4 is 22.2 Å². The number of aromatic nitrogens is 2. The molecular formula is C11H9BrN2O2. The van der Waals surface area contributed by atoms with Crippen LogP contribution in [-0.4, -0.2) is 23.2 Å². The molecule has 0 amide bonds. The molecule has 0 aliphatic heterocycles. The predicted octanol–water partition coefficient (Wildman–Crippen LogP) is 2.46. The predicted molar refractivity (Wildman–Crippen MR) is 63.2 cm³/mol. The molecule has 4 nitrogen and oxygen atoms in total. The maximum Gasteiger partial charge on any atom is 0.157 e. The van der Waals surface area contributed by atoms with Gasteiger partial charge in [0, 0.05) is 10.0 Å². The smallest absolute Gasteiger partial charge is 0.157 e. The lowest BCUT2D eigenvalue weighted by Crippen LogP contribution is -1.96. The number of carbonyl (C=O) groups excluding carboxylic acids is 1. The Labute approximate surface area is 101 Å². The van der Waals surface area contributed by atoms with E-state index < -0.39 is 0 Å². The van der Waals surface area contributed by atoms with Crippen molar-refractivity contribution in [3.63, 3.8) is 0 Å². The molecule has 82 valence electrons. The summed E-state index contributed by atoms with van der Waals surface area (Å²) in [5.74, 6) is 0.686. The molecule has 1 heterocycles. The molecule has 0 bridgehead atoms. The van der Waals surface area contributed by atoms with E-state index in [-0.39, 0.29) is 0 Å². The quantitative estimate of drug-likeness (QED) is 0.812. The molecule has 0 spiro atoms. The van der Waals surface area contributed by atoms with Gasteiger partial charge in [0.25, 0.3) is 0 Å². The van der Waals surface area contributed by atoms with E-state index in [9.17, 15) is 4.79 Å². The van der Waals surface area contributed by atoms with Crippen molar-refractivity contribution in [2.45, 2.75) is 0 Å². The number of nitrogens with zero attached hydrogens (tertiary/aromatic N) is 2. The van der Waals surface area contributed by atoms with Gasteiger partial charge in [0.1, 0.15) is 6.29 Å². The fourth-order valence-corrected chi connectivity index (χ4v) is 1.90. The zero-order valence-electron chi connectivity index (χ0n) is 8.55. The summed E-state index contributed by atoms with van der Waals surface area (Å²) in [7, 11) is 1.59. The minimum Gasteiger partial charge on any atom is -0.493 e. The minimum atomic E-state index is 0.620. The molecule has 0 unspecified atom stereocenters. The van der Waals surface area contributed by atoms with E-state index in [4.69, 9.17) is 4.74 Å². The van der Waals surface area contributed by atoms with Gasteiger partial charge in [0.05, 0.1) is 25.2 Å². The fraction of sp³-hybridized carbons (Fsp3) is 0.0909. The Morgan fingerprint density at radius 2 is 2.31 bits per heavy atom. The van der Waals surface area contributed by atoms with E-state index in [1.807, 2.05) is 6.07 Å². The van der Waals surface area contributed by atoms with Crippen molar-refractivity contribution in [3.05, 3.63) is 40.6 Å². The van der Waals surface area contributed by atoms with Gasteiger partial charge < -0.3 is 4.74 Å². The molecule has 0 aliphatic rings. The molecule has 0 radical (unpaired) electrons. The third-order valence-corrected chi connectivity index (χ3v) is 2.78. The molecule has 0 atom stereocenters. The van der Waals surface area contributed by atoms with E-state index in [1.54, 1.807) is 36.3 Å². The SMILES string of the molecule is COc1cnn(-c2ccc(C=O)cc2Br)c1. The van der Waals surface area contributed by atoms with Gasteiger partial charge in [-0.25, -0.2) is 4.68 Å². The van der Waals surface area contributed by atoms with Crippen LogP contribution in [0.2, 0.25) is 0 Å². The topological polar surface area (TPSA) is 44.1 Å². The average Bonchev–Trinajstić information content (AvgIpc) is 2.77. The lowest BCUT2D eigenvalue weighted by molar-refractivity contribution is 0.112. The number of methoxy groups -OCH3 is 1. The summed E-state index contributed by atoms with van der Waals surface area (Å²) in [6, 6.07) is 5.30. The summed E-state index contributed by atoms with van der Waals surface area (Å²) in [6.07, 6.45) is 4.19. The van der Waals surface area contributed by atoms with Gasteiger partial charge in [-0.2, -0.15) is 5.10 Å². The zero-order chi connectivity index (χ0) is 11.5. The number of halogens is 1. The van der Waals surface area contributed by atoms with E-state index in [0.717, 1.165) is 16.4 Å². The normalized spacial score (nSPS) is 10.1. The Bertz CT molecular complexity index is 522. The van der Waals surface area contributed by atoms with Gasteiger partial charge in [0.15, 0.2) is 5.75 Å². The van der Waals surface area contributed by atoms with Crippen molar-refractivity contribution in [3.8, 4) is 11.4 Å². The van der Waals surface area contributed by atoms with E-state index in [0.29, 0.717) is 11.3 Å². The number of aldehydes is 1. The van der Waals surface area contributed by atoms with Gasteiger partial charge in [-0.3, -0.25) is 4.79 Å². The average molecular weight is 281 g/mol. The van der Waals surface area contributed by atoms with Crippen LogP contribution < -0.4 is 4.74 Å². The standard InChI is InChI=1S/C11H9BrN2O2/c1-16-9-5-13-14(6-9)11-3-2-8(7-15)4-10(11)12/h2-7H,1H3. The third kappa shape index (κ3) is 1.99. The van der Waals surface area contributed by atoms with Crippen LogP contribution in [0, 0.1) is 0 Å². The molecule has 0 aliphatic carbocycles. The molecule has 1 aromatic heterocycles.